The largest absolute Gasteiger partial charge is 0.456 e. The van der Waals surface area contributed by atoms with E-state index < -0.39 is 48.4 Å². The van der Waals surface area contributed by atoms with Gasteiger partial charge in [-0.1, -0.05) is 60.7 Å². The molecule has 6 atom stereocenters. The van der Waals surface area contributed by atoms with Crippen LogP contribution in [0.5, 0.6) is 0 Å². The fraction of sp³-hybridized carbons (Fsp3) is 0.417. The number of ether oxygens (including phenoxy) is 4. The molecule has 2 aromatic carbocycles. The van der Waals surface area contributed by atoms with Crippen LogP contribution in [0, 0.1) is 0 Å². The molecule has 0 amide bonds. The third-order valence-corrected chi connectivity index (χ3v) is 5.70. The van der Waals surface area contributed by atoms with Crippen molar-refractivity contribution in [2.45, 2.75) is 49.3 Å². The first-order chi connectivity index (χ1) is 15.5. The van der Waals surface area contributed by atoms with Crippen LogP contribution in [0.2, 0.25) is 0 Å². The maximum absolute atomic E-state index is 12.5. The Hall–Kier alpha value is -2.78. The average Bonchev–Trinajstić information content (AvgIpc) is 3.38. The van der Waals surface area contributed by atoms with Gasteiger partial charge in [-0.05, 0) is 24.0 Å². The van der Waals surface area contributed by atoms with Gasteiger partial charge in [0.15, 0.2) is 12.2 Å². The van der Waals surface area contributed by atoms with Crippen LogP contribution in [-0.4, -0.2) is 61.7 Å². The number of carbonyl (C=O) groups excluding carboxylic acids is 2. The maximum Gasteiger partial charge on any atom is 0.323 e. The molecule has 2 aromatic rings. The second kappa shape index (κ2) is 10.2. The Bertz CT molecular complexity index is 834. The number of fused-ring (bicyclic) bond motifs is 1. The summed E-state index contributed by atoms with van der Waals surface area (Å²) in [6.07, 6.45) is -1.46. The summed E-state index contributed by atoms with van der Waals surface area (Å²) >= 11 is 0. The monoisotopic (exact) mass is 440 g/mol. The van der Waals surface area contributed by atoms with Crippen molar-refractivity contribution in [2.75, 3.05) is 13.2 Å². The van der Waals surface area contributed by atoms with Gasteiger partial charge < -0.3 is 30.4 Å². The minimum atomic E-state index is -0.789. The third-order valence-electron chi connectivity index (χ3n) is 5.70. The maximum atomic E-state index is 12.5. The Balaban J connectivity index is 1.26. The molecule has 4 N–H and O–H groups in total. The average molecular weight is 440 g/mol. The Morgan fingerprint density at radius 1 is 0.750 bits per heavy atom. The molecule has 32 heavy (non-hydrogen) atoms. The van der Waals surface area contributed by atoms with E-state index in [0.29, 0.717) is 12.8 Å². The molecule has 0 bridgehead atoms. The SMILES string of the molecule is N[C@@H](Cc1ccccc1)C(=O)O[C@@H]1COC2C1OC[C@H]2OC(=O)[C@@H](N)Cc1ccccc1. The molecule has 8 heteroatoms. The zero-order valence-electron chi connectivity index (χ0n) is 17.7. The molecule has 0 saturated carbocycles. The molecule has 2 saturated heterocycles. The van der Waals surface area contributed by atoms with Crippen LogP contribution in [-0.2, 0) is 41.4 Å². The first kappa shape index (κ1) is 22.4. The summed E-state index contributed by atoms with van der Waals surface area (Å²) in [5.74, 6) is -1.03. The molecule has 4 rings (SSSR count). The van der Waals surface area contributed by atoms with Crippen LogP contribution in [0.3, 0.4) is 0 Å². The Labute approximate surface area is 186 Å². The summed E-state index contributed by atoms with van der Waals surface area (Å²) in [6, 6.07) is 17.4. The molecule has 0 spiro atoms. The second-order valence-corrected chi connectivity index (χ2v) is 8.14. The van der Waals surface area contributed by atoms with E-state index >= 15 is 0 Å². The molecule has 0 aromatic heterocycles. The molecule has 2 unspecified atom stereocenters. The Morgan fingerprint density at radius 2 is 1.12 bits per heavy atom. The van der Waals surface area contributed by atoms with Crippen LogP contribution >= 0.6 is 0 Å². The fourth-order valence-electron chi connectivity index (χ4n) is 4.01. The highest BCUT2D eigenvalue weighted by Crippen LogP contribution is 2.31. The quantitative estimate of drug-likeness (QED) is 0.577. The van der Waals surface area contributed by atoms with E-state index in [0.717, 1.165) is 11.1 Å². The van der Waals surface area contributed by atoms with Gasteiger partial charge >= 0.3 is 11.9 Å². The van der Waals surface area contributed by atoms with Gasteiger partial charge in [-0.25, -0.2) is 0 Å². The molecule has 0 aliphatic carbocycles. The predicted octanol–water partition coefficient (Wildman–Crippen LogP) is 0.748. The van der Waals surface area contributed by atoms with Crippen molar-refractivity contribution < 1.29 is 28.5 Å². The van der Waals surface area contributed by atoms with Crippen LogP contribution in [0.4, 0.5) is 0 Å². The van der Waals surface area contributed by atoms with Crippen molar-refractivity contribution in [3.8, 4) is 0 Å². The summed E-state index contributed by atoms with van der Waals surface area (Å²) in [4.78, 5) is 24.9. The lowest BCUT2D eigenvalue weighted by Crippen LogP contribution is -2.42. The highest BCUT2D eigenvalue weighted by Gasteiger charge is 2.51. The van der Waals surface area contributed by atoms with Gasteiger partial charge in [0.2, 0.25) is 0 Å². The van der Waals surface area contributed by atoms with Gasteiger partial charge in [0.05, 0.1) is 13.2 Å². The number of esters is 2. The number of benzene rings is 2. The first-order valence-electron chi connectivity index (χ1n) is 10.7. The van der Waals surface area contributed by atoms with Crippen LogP contribution in [0.1, 0.15) is 11.1 Å². The van der Waals surface area contributed by atoms with Crippen LogP contribution < -0.4 is 11.5 Å². The Morgan fingerprint density at radius 3 is 1.50 bits per heavy atom. The number of carbonyl (C=O) groups is 2. The summed E-state index contributed by atoms with van der Waals surface area (Å²) in [6.45, 7) is 0.312. The first-order valence-corrected chi connectivity index (χ1v) is 10.7. The van der Waals surface area contributed by atoms with E-state index in [9.17, 15) is 9.59 Å². The number of rotatable bonds is 8. The molecule has 0 radical (unpaired) electrons. The highest BCUT2D eigenvalue weighted by molar-refractivity contribution is 5.76. The zero-order valence-corrected chi connectivity index (χ0v) is 17.7. The lowest BCUT2D eigenvalue weighted by Gasteiger charge is -2.20. The van der Waals surface area contributed by atoms with Gasteiger partial charge in [-0.2, -0.15) is 0 Å². The minimum Gasteiger partial charge on any atom is -0.456 e. The van der Waals surface area contributed by atoms with Gasteiger partial charge in [0, 0.05) is 0 Å². The standard InChI is InChI=1S/C24H28N2O6/c25-17(11-15-7-3-1-4-8-15)23(27)31-19-13-29-22-20(14-30-21(19)22)32-24(28)18(26)12-16-9-5-2-6-10-16/h1-10,17-22H,11-14,25-26H2/t17-,18-,19+,20+,21?,22?/m0/s1. The third kappa shape index (κ3) is 5.34. The summed E-state index contributed by atoms with van der Waals surface area (Å²) in [5, 5.41) is 0. The van der Waals surface area contributed by atoms with Gasteiger partial charge in [0.25, 0.3) is 0 Å². The van der Waals surface area contributed by atoms with Gasteiger partial charge in [-0.15, -0.1) is 0 Å². The van der Waals surface area contributed by atoms with Crippen LogP contribution in [0.15, 0.2) is 60.7 Å². The molecular weight excluding hydrogens is 412 g/mol. The van der Waals surface area contributed by atoms with Gasteiger partial charge in [0.1, 0.15) is 24.3 Å². The molecule has 2 aliphatic rings. The van der Waals surface area contributed by atoms with Crippen molar-refractivity contribution in [3.05, 3.63) is 71.8 Å². The Kier molecular flexibility index (Phi) is 7.16. The molecule has 170 valence electrons. The van der Waals surface area contributed by atoms with E-state index in [4.69, 9.17) is 30.4 Å². The van der Waals surface area contributed by atoms with Crippen molar-refractivity contribution >= 4 is 11.9 Å². The van der Waals surface area contributed by atoms with Crippen molar-refractivity contribution in [1.29, 1.82) is 0 Å². The highest BCUT2D eigenvalue weighted by atomic mass is 16.7. The van der Waals surface area contributed by atoms with E-state index in [1.54, 1.807) is 0 Å². The number of hydrogen-bond donors (Lipinski definition) is 2. The van der Waals surface area contributed by atoms with Gasteiger partial charge in [-0.3, -0.25) is 9.59 Å². The van der Waals surface area contributed by atoms with E-state index in [1.165, 1.54) is 0 Å². The summed E-state index contributed by atoms with van der Waals surface area (Å²) < 4.78 is 22.6. The smallest absolute Gasteiger partial charge is 0.323 e. The summed E-state index contributed by atoms with van der Waals surface area (Å²) in [5.41, 5.74) is 13.9. The number of nitrogens with two attached hydrogens (primary N) is 2. The molecule has 2 aliphatic heterocycles. The van der Waals surface area contributed by atoms with Crippen LogP contribution in [0.25, 0.3) is 0 Å². The zero-order chi connectivity index (χ0) is 22.5. The van der Waals surface area contributed by atoms with Crippen molar-refractivity contribution in [1.82, 2.24) is 0 Å². The normalized spacial score (nSPS) is 26.2. The molecule has 8 nitrogen and oxygen atoms in total. The predicted molar refractivity (Wildman–Crippen MR) is 115 cm³/mol. The van der Waals surface area contributed by atoms with Crippen molar-refractivity contribution in [3.63, 3.8) is 0 Å². The molecule has 2 heterocycles. The molecule has 2 fully saturated rings. The van der Waals surface area contributed by atoms with E-state index in [-0.39, 0.29) is 13.2 Å². The minimum absolute atomic E-state index is 0.156. The van der Waals surface area contributed by atoms with E-state index in [1.807, 2.05) is 60.7 Å². The lowest BCUT2D eigenvalue weighted by atomic mass is 10.1. The number of hydrogen-bond acceptors (Lipinski definition) is 8. The van der Waals surface area contributed by atoms with E-state index in [2.05, 4.69) is 0 Å². The lowest BCUT2D eigenvalue weighted by molar-refractivity contribution is -0.156. The summed E-state index contributed by atoms with van der Waals surface area (Å²) in [7, 11) is 0. The topological polar surface area (TPSA) is 123 Å². The second-order valence-electron chi connectivity index (χ2n) is 8.14. The molecular formula is C24H28N2O6. The van der Waals surface area contributed by atoms with Crippen molar-refractivity contribution in [2.24, 2.45) is 11.5 Å². The fourth-order valence-corrected chi connectivity index (χ4v) is 4.01.